The maximum absolute atomic E-state index is 11.0. The Kier molecular flexibility index (Phi) is 4.79. The highest BCUT2D eigenvalue weighted by atomic mass is 16.6. The predicted octanol–water partition coefficient (Wildman–Crippen LogP) is 0.870. The number of ether oxygens (including phenoxy) is 1. The van der Waals surface area contributed by atoms with Gasteiger partial charge in [0.25, 0.3) is 6.54 Å². The molecule has 0 spiro atoms. The molecule has 0 radical (unpaired) electrons. The summed E-state index contributed by atoms with van der Waals surface area (Å²) in [6, 6.07) is 6.33. The van der Waals surface area contributed by atoms with Gasteiger partial charge in [0.05, 0.1) is 0 Å². The number of nitro groups is 1. The molecule has 7 heteroatoms. The Morgan fingerprint density at radius 2 is 1.94 bits per heavy atom. The highest BCUT2D eigenvalue weighted by Crippen LogP contribution is 2.15. The van der Waals surface area contributed by atoms with E-state index in [0.717, 1.165) is 0 Å². The molecule has 96 valence electrons. The molecule has 0 saturated heterocycles. The average Bonchev–Trinajstić information content (AvgIpc) is 2.26. The van der Waals surface area contributed by atoms with Gasteiger partial charge < -0.3 is 10.1 Å². The number of rotatable bonds is 6. The van der Waals surface area contributed by atoms with Crippen LogP contribution in [0.15, 0.2) is 24.3 Å². The van der Waals surface area contributed by atoms with E-state index in [-0.39, 0.29) is 12.5 Å². The van der Waals surface area contributed by atoms with E-state index in [2.05, 4.69) is 5.32 Å². The second kappa shape index (κ2) is 6.33. The molecule has 0 unspecified atom stereocenters. The van der Waals surface area contributed by atoms with E-state index in [1.54, 1.807) is 24.3 Å². The van der Waals surface area contributed by atoms with Gasteiger partial charge in [-0.1, -0.05) is 0 Å². The van der Waals surface area contributed by atoms with Crippen LogP contribution in [-0.4, -0.2) is 29.8 Å². The maximum Gasteiger partial charge on any atom is 0.264 e. The number of amides is 1. The fourth-order valence-corrected chi connectivity index (χ4v) is 1.19. The smallest absolute Gasteiger partial charge is 0.264 e. The van der Waals surface area contributed by atoms with Crippen LogP contribution in [0.25, 0.3) is 0 Å². The van der Waals surface area contributed by atoms with Gasteiger partial charge in [-0.3, -0.25) is 19.7 Å². The Balaban J connectivity index is 2.46. The van der Waals surface area contributed by atoms with E-state index in [0.29, 0.717) is 11.4 Å². The van der Waals surface area contributed by atoms with Gasteiger partial charge in [0.15, 0.2) is 6.61 Å². The molecule has 0 aliphatic carbocycles. The third-order valence-electron chi connectivity index (χ3n) is 1.88. The quantitative estimate of drug-likeness (QED) is 0.598. The Hall–Kier alpha value is -2.44. The van der Waals surface area contributed by atoms with Crippen molar-refractivity contribution in [1.82, 2.24) is 0 Å². The summed E-state index contributed by atoms with van der Waals surface area (Å²) in [5.74, 6) is -0.392. The van der Waals surface area contributed by atoms with Crippen LogP contribution in [0.2, 0.25) is 0 Å². The molecule has 1 aromatic rings. The van der Waals surface area contributed by atoms with Gasteiger partial charge in [-0.05, 0) is 24.3 Å². The van der Waals surface area contributed by atoms with E-state index >= 15 is 0 Å². The van der Waals surface area contributed by atoms with Crippen molar-refractivity contribution < 1.29 is 19.2 Å². The van der Waals surface area contributed by atoms with E-state index in [4.69, 9.17) is 4.74 Å². The number of nitrogens with zero attached hydrogens (tertiary/aromatic N) is 1. The Labute approximate surface area is 103 Å². The molecule has 0 bridgehead atoms. The topological polar surface area (TPSA) is 98.5 Å². The highest BCUT2D eigenvalue weighted by molar-refractivity contribution is 5.88. The lowest BCUT2D eigenvalue weighted by Crippen LogP contribution is -2.20. The van der Waals surface area contributed by atoms with Crippen molar-refractivity contribution in [2.45, 2.75) is 6.92 Å². The molecule has 0 aliphatic heterocycles. The number of ketones is 1. The highest BCUT2D eigenvalue weighted by Gasteiger charge is 2.10. The molecule has 0 atom stereocenters. The lowest BCUT2D eigenvalue weighted by molar-refractivity contribution is -0.467. The van der Waals surface area contributed by atoms with Crippen LogP contribution < -0.4 is 10.1 Å². The first kappa shape index (κ1) is 13.6. The van der Waals surface area contributed by atoms with Crippen molar-refractivity contribution in [2.75, 3.05) is 18.5 Å². The fraction of sp³-hybridized carbons (Fsp3) is 0.273. The van der Waals surface area contributed by atoms with Crippen molar-refractivity contribution >= 4 is 17.4 Å². The van der Waals surface area contributed by atoms with Gasteiger partial charge in [0, 0.05) is 17.5 Å². The minimum Gasteiger partial charge on any atom is -0.486 e. The summed E-state index contributed by atoms with van der Waals surface area (Å²) in [6.07, 6.45) is 0. The first-order chi connectivity index (χ1) is 8.47. The van der Waals surface area contributed by atoms with Crippen LogP contribution in [0.5, 0.6) is 5.75 Å². The second-order valence-corrected chi connectivity index (χ2v) is 3.52. The number of carbonyl (C=O) groups excluding carboxylic acids is 2. The number of Topliss-reactive ketones (excluding diaryl/α,β-unsaturated/α-hetero) is 1. The van der Waals surface area contributed by atoms with Crippen molar-refractivity contribution in [1.29, 1.82) is 0 Å². The maximum atomic E-state index is 11.0. The molecule has 7 nitrogen and oxygen atoms in total. The number of nitrogens with one attached hydrogen (secondary N) is 1. The molecule has 0 saturated carbocycles. The van der Waals surface area contributed by atoms with E-state index in [9.17, 15) is 19.7 Å². The van der Waals surface area contributed by atoms with Gasteiger partial charge in [0.1, 0.15) is 5.75 Å². The monoisotopic (exact) mass is 252 g/mol. The molecule has 1 aromatic carbocycles. The Morgan fingerprint density at radius 1 is 1.33 bits per heavy atom. The molecular formula is C11H12N2O5. The van der Waals surface area contributed by atoms with Crippen LogP contribution in [0, 0.1) is 10.1 Å². The Bertz CT molecular complexity index is 455. The van der Waals surface area contributed by atoms with Crippen LogP contribution >= 0.6 is 0 Å². The van der Waals surface area contributed by atoms with E-state index < -0.39 is 17.3 Å². The first-order valence-electron chi connectivity index (χ1n) is 5.11. The largest absolute Gasteiger partial charge is 0.486 e. The molecule has 1 N–H and O–H groups in total. The normalized spacial score (nSPS) is 9.61. The molecule has 1 amide bonds. The zero-order chi connectivity index (χ0) is 13.5. The van der Waals surface area contributed by atoms with E-state index in [1.807, 2.05) is 0 Å². The molecule has 0 aliphatic rings. The minimum atomic E-state index is -0.746. The van der Waals surface area contributed by atoms with Crippen molar-refractivity contribution in [3.05, 3.63) is 34.4 Å². The molecular weight excluding hydrogens is 240 g/mol. The van der Waals surface area contributed by atoms with E-state index in [1.165, 1.54) is 6.92 Å². The van der Waals surface area contributed by atoms with Crippen LogP contribution in [-0.2, 0) is 9.59 Å². The van der Waals surface area contributed by atoms with Crippen molar-refractivity contribution in [2.24, 2.45) is 0 Å². The summed E-state index contributed by atoms with van der Waals surface area (Å²) in [5.41, 5.74) is 0.603. The average molecular weight is 252 g/mol. The van der Waals surface area contributed by atoms with Crippen LogP contribution in [0.3, 0.4) is 0 Å². The standard InChI is InChI=1S/C11H12N2O5/c1-8(14)12-9-2-4-11(5-3-9)18-7-10(15)6-13(16)17/h2-5H,6-7H2,1H3,(H,12,14). The molecule has 0 heterocycles. The molecule has 0 fully saturated rings. The fourth-order valence-electron chi connectivity index (χ4n) is 1.19. The van der Waals surface area contributed by atoms with Crippen molar-refractivity contribution in [3.8, 4) is 5.75 Å². The number of anilines is 1. The summed E-state index contributed by atoms with van der Waals surface area (Å²) in [7, 11) is 0. The summed E-state index contributed by atoms with van der Waals surface area (Å²) >= 11 is 0. The number of benzene rings is 1. The molecule has 18 heavy (non-hydrogen) atoms. The predicted molar refractivity (Wildman–Crippen MR) is 63.1 cm³/mol. The third kappa shape index (κ3) is 5.06. The van der Waals surface area contributed by atoms with Crippen molar-refractivity contribution in [3.63, 3.8) is 0 Å². The molecule has 1 rings (SSSR count). The van der Waals surface area contributed by atoms with Gasteiger partial charge in [-0.25, -0.2) is 0 Å². The van der Waals surface area contributed by atoms with Gasteiger partial charge in [-0.15, -0.1) is 0 Å². The lowest BCUT2D eigenvalue weighted by Gasteiger charge is -2.05. The third-order valence-corrected chi connectivity index (χ3v) is 1.88. The SMILES string of the molecule is CC(=O)Nc1ccc(OCC(=O)C[N+](=O)[O-])cc1. The van der Waals surface area contributed by atoms with Gasteiger partial charge in [0.2, 0.25) is 11.7 Å². The number of hydrogen-bond donors (Lipinski definition) is 1. The minimum absolute atomic E-state index is 0.190. The van der Waals surface area contributed by atoms with Gasteiger partial charge >= 0.3 is 0 Å². The zero-order valence-electron chi connectivity index (χ0n) is 9.71. The zero-order valence-corrected chi connectivity index (χ0v) is 9.71. The van der Waals surface area contributed by atoms with Crippen LogP contribution in [0.1, 0.15) is 6.92 Å². The summed E-state index contributed by atoms with van der Waals surface area (Å²) < 4.78 is 5.06. The number of carbonyl (C=O) groups is 2. The lowest BCUT2D eigenvalue weighted by atomic mass is 10.3. The summed E-state index contributed by atoms with van der Waals surface area (Å²) in [5, 5.41) is 12.6. The van der Waals surface area contributed by atoms with Crippen LogP contribution in [0.4, 0.5) is 5.69 Å². The number of hydrogen-bond acceptors (Lipinski definition) is 5. The first-order valence-corrected chi connectivity index (χ1v) is 5.11. The Morgan fingerprint density at radius 3 is 2.44 bits per heavy atom. The van der Waals surface area contributed by atoms with Gasteiger partial charge in [-0.2, -0.15) is 0 Å². The summed E-state index contributed by atoms with van der Waals surface area (Å²) in [6.45, 7) is 0.297. The second-order valence-electron chi connectivity index (χ2n) is 3.52. The summed E-state index contributed by atoms with van der Waals surface area (Å²) in [4.78, 5) is 31.1. The molecule has 0 aromatic heterocycles.